The van der Waals surface area contributed by atoms with E-state index in [0.29, 0.717) is 23.3 Å². The van der Waals surface area contributed by atoms with Crippen molar-refractivity contribution in [3.63, 3.8) is 0 Å². The molecule has 0 aliphatic heterocycles. The molecule has 4 aliphatic carbocycles. The van der Waals surface area contributed by atoms with Crippen LogP contribution in [0.25, 0.3) is 0 Å². The maximum absolute atomic E-state index is 11.7. The number of carboxylic acids is 1. The molecule has 0 atom stereocenters. The lowest BCUT2D eigenvalue weighted by atomic mass is 9.48. The zero-order chi connectivity index (χ0) is 20.8. The predicted molar refractivity (Wildman–Crippen MR) is 102 cm³/mol. The van der Waals surface area contributed by atoms with Crippen LogP contribution in [0.1, 0.15) is 56.9 Å². The van der Waals surface area contributed by atoms with Gasteiger partial charge in [0.15, 0.2) is 0 Å². The Morgan fingerprint density at radius 2 is 1.52 bits per heavy atom. The van der Waals surface area contributed by atoms with Crippen molar-refractivity contribution < 1.29 is 24.5 Å². The van der Waals surface area contributed by atoms with E-state index in [1.165, 1.54) is 31.4 Å². The highest BCUT2D eigenvalue weighted by Crippen LogP contribution is 2.61. The summed E-state index contributed by atoms with van der Waals surface area (Å²) in [5.41, 5.74) is -0.333. The van der Waals surface area contributed by atoms with Crippen molar-refractivity contribution in [2.24, 2.45) is 17.8 Å². The minimum Gasteiger partial charge on any atom is -0.482 e. The Labute approximate surface area is 167 Å². The van der Waals surface area contributed by atoms with Gasteiger partial charge < -0.3 is 9.84 Å². The fourth-order valence-electron chi connectivity index (χ4n) is 6.19. The van der Waals surface area contributed by atoms with Crippen LogP contribution >= 0.6 is 0 Å². The van der Waals surface area contributed by atoms with E-state index in [1.807, 2.05) is 0 Å². The van der Waals surface area contributed by atoms with Crippen molar-refractivity contribution in [2.45, 2.75) is 56.8 Å². The van der Waals surface area contributed by atoms with Gasteiger partial charge in [-0.3, -0.25) is 25.0 Å². The summed E-state index contributed by atoms with van der Waals surface area (Å²) in [5, 5.41) is 32.2. The van der Waals surface area contributed by atoms with Crippen molar-refractivity contribution in [3.8, 4) is 5.75 Å². The molecule has 0 amide bonds. The van der Waals surface area contributed by atoms with Gasteiger partial charge in [0.2, 0.25) is 0 Å². The molecule has 0 spiro atoms. The van der Waals surface area contributed by atoms with E-state index < -0.39 is 27.2 Å². The Morgan fingerprint density at radius 1 is 1.03 bits per heavy atom. The number of aliphatic carboxylic acids is 1. The number of benzene rings is 1. The van der Waals surface area contributed by atoms with Crippen molar-refractivity contribution in [1.82, 2.24) is 0 Å². The van der Waals surface area contributed by atoms with Gasteiger partial charge in [0, 0.05) is 18.6 Å². The molecule has 1 aromatic carbocycles. The molecule has 4 fully saturated rings. The maximum atomic E-state index is 11.7. The fraction of sp³-hybridized carbons (Fsp3) is 0.650. The molecule has 4 bridgehead atoms. The molecule has 29 heavy (non-hydrogen) atoms. The zero-order valence-electron chi connectivity index (χ0n) is 16.0. The Morgan fingerprint density at radius 3 is 1.93 bits per heavy atom. The highest BCUT2D eigenvalue weighted by atomic mass is 16.6. The van der Waals surface area contributed by atoms with E-state index in [2.05, 4.69) is 0 Å². The summed E-state index contributed by atoms with van der Waals surface area (Å²) < 4.78 is 5.37. The van der Waals surface area contributed by atoms with E-state index in [1.54, 1.807) is 0 Å². The van der Waals surface area contributed by atoms with Crippen LogP contribution < -0.4 is 4.74 Å². The first kappa shape index (κ1) is 19.6. The zero-order valence-corrected chi connectivity index (χ0v) is 16.0. The van der Waals surface area contributed by atoms with Crippen LogP contribution in [0.15, 0.2) is 12.1 Å². The number of nitro groups is 2. The Hall–Kier alpha value is -2.71. The third kappa shape index (κ3) is 3.65. The first-order valence-electron chi connectivity index (χ1n) is 10.1. The van der Waals surface area contributed by atoms with Crippen LogP contribution in [0, 0.1) is 38.0 Å². The topological polar surface area (TPSA) is 133 Å². The van der Waals surface area contributed by atoms with E-state index in [-0.39, 0.29) is 30.6 Å². The fourth-order valence-corrected chi connectivity index (χ4v) is 6.19. The molecular weight excluding hydrogens is 380 g/mol. The summed E-state index contributed by atoms with van der Waals surface area (Å²) in [6.45, 7) is -0.134. The normalized spacial score (nSPS) is 29.6. The molecule has 9 nitrogen and oxygen atoms in total. The molecule has 0 unspecified atom stereocenters. The quantitative estimate of drug-likeness (QED) is 0.390. The van der Waals surface area contributed by atoms with E-state index >= 15 is 0 Å². The van der Waals surface area contributed by atoms with Crippen LogP contribution in [0.3, 0.4) is 0 Å². The van der Waals surface area contributed by atoms with Gasteiger partial charge in [0.1, 0.15) is 0 Å². The third-order valence-electron chi connectivity index (χ3n) is 6.88. The molecule has 156 valence electrons. The number of rotatable bonds is 8. The molecule has 0 heterocycles. The molecule has 1 N–H and O–H groups in total. The monoisotopic (exact) mass is 404 g/mol. The van der Waals surface area contributed by atoms with E-state index in [4.69, 9.17) is 9.84 Å². The average molecular weight is 404 g/mol. The Kier molecular flexibility index (Phi) is 4.92. The second-order valence-electron chi connectivity index (χ2n) is 8.90. The Balaban J connectivity index is 1.70. The second-order valence-corrected chi connectivity index (χ2v) is 8.90. The standard InChI is InChI=1S/C20H24N2O7/c23-18(24)2-1-3-29-19-16(21(25)26)7-15(8-17(19)22(27)28)20-9-12-4-13(10-20)6-14(5-12)11-20/h7-8,12-14H,1-6,9-11H2,(H,23,24). The molecule has 5 rings (SSSR count). The summed E-state index contributed by atoms with van der Waals surface area (Å²) in [4.78, 5) is 32.8. The van der Waals surface area contributed by atoms with Gasteiger partial charge in [0.05, 0.1) is 16.5 Å². The summed E-state index contributed by atoms with van der Waals surface area (Å²) in [5.74, 6) is 0.414. The minimum absolute atomic E-state index is 0.111. The van der Waals surface area contributed by atoms with Crippen molar-refractivity contribution in [3.05, 3.63) is 37.9 Å². The van der Waals surface area contributed by atoms with Gasteiger partial charge in [0.25, 0.3) is 5.75 Å². The van der Waals surface area contributed by atoms with Crippen LogP contribution in [-0.4, -0.2) is 27.5 Å². The Bertz CT molecular complexity index is 796. The number of hydrogen-bond donors (Lipinski definition) is 1. The van der Waals surface area contributed by atoms with Gasteiger partial charge in [-0.1, -0.05) is 0 Å². The molecule has 0 saturated heterocycles. The smallest absolute Gasteiger partial charge is 0.318 e. The molecule has 9 heteroatoms. The van der Waals surface area contributed by atoms with E-state index in [9.17, 15) is 25.0 Å². The SMILES string of the molecule is O=C(O)CCCOc1c([N+](=O)[O-])cc(C23CC4CC(CC(C4)C2)C3)cc1[N+](=O)[O-]. The molecule has 4 saturated carbocycles. The molecule has 1 aromatic rings. The molecule has 0 aromatic heterocycles. The van der Waals surface area contributed by atoms with Crippen molar-refractivity contribution in [2.75, 3.05) is 6.61 Å². The summed E-state index contributed by atoms with van der Waals surface area (Å²) in [6.07, 6.45) is 6.36. The lowest BCUT2D eigenvalue weighted by Gasteiger charge is -2.57. The van der Waals surface area contributed by atoms with Crippen LogP contribution in [0.2, 0.25) is 0 Å². The highest BCUT2D eigenvalue weighted by molar-refractivity contribution is 5.66. The van der Waals surface area contributed by atoms with Gasteiger partial charge in [-0.05, 0) is 73.7 Å². The van der Waals surface area contributed by atoms with Crippen LogP contribution in [0.5, 0.6) is 5.75 Å². The lowest BCUT2D eigenvalue weighted by molar-refractivity contribution is -0.396. The number of hydrogen-bond acceptors (Lipinski definition) is 6. The molecule has 0 radical (unpaired) electrons. The van der Waals surface area contributed by atoms with E-state index in [0.717, 1.165) is 19.3 Å². The van der Waals surface area contributed by atoms with Gasteiger partial charge >= 0.3 is 17.3 Å². The van der Waals surface area contributed by atoms with Crippen LogP contribution in [0.4, 0.5) is 11.4 Å². The van der Waals surface area contributed by atoms with Gasteiger partial charge in [-0.15, -0.1) is 0 Å². The highest BCUT2D eigenvalue weighted by Gasteiger charge is 2.52. The molecular formula is C20H24N2O7. The number of carbonyl (C=O) groups is 1. The first-order valence-corrected chi connectivity index (χ1v) is 10.1. The summed E-state index contributed by atoms with van der Waals surface area (Å²) in [6, 6.07) is 2.93. The van der Waals surface area contributed by atoms with Gasteiger partial charge in [-0.2, -0.15) is 0 Å². The first-order chi connectivity index (χ1) is 13.8. The third-order valence-corrected chi connectivity index (χ3v) is 6.88. The van der Waals surface area contributed by atoms with Gasteiger partial charge in [-0.25, -0.2) is 0 Å². The lowest BCUT2D eigenvalue weighted by Crippen LogP contribution is -2.48. The number of ether oxygens (including phenoxy) is 1. The molecule has 4 aliphatic rings. The summed E-state index contributed by atoms with van der Waals surface area (Å²) in [7, 11) is 0. The number of carboxylic acid groups (broad SMARTS) is 1. The predicted octanol–water partition coefficient (Wildman–Crippen LogP) is 4.21. The average Bonchev–Trinajstić information content (AvgIpc) is 2.63. The number of nitro benzene ring substituents is 2. The van der Waals surface area contributed by atoms with Crippen molar-refractivity contribution in [1.29, 1.82) is 0 Å². The van der Waals surface area contributed by atoms with Crippen molar-refractivity contribution >= 4 is 17.3 Å². The van der Waals surface area contributed by atoms with Crippen LogP contribution in [-0.2, 0) is 10.2 Å². The largest absolute Gasteiger partial charge is 0.482 e. The maximum Gasteiger partial charge on any atom is 0.318 e. The minimum atomic E-state index is -1.02. The summed E-state index contributed by atoms with van der Waals surface area (Å²) >= 11 is 0. The number of nitrogens with zero attached hydrogens (tertiary/aromatic N) is 2. The second kappa shape index (κ2) is 7.27.